The molecule has 0 aromatic heterocycles. The summed E-state index contributed by atoms with van der Waals surface area (Å²) in [6, 6.07) is 13.7. The van der Waals surface area contributed by atoms with E-state index in [1.807, 2.05) is 36.4 Å². The van der Waals surface area contributed by atoms with E-state index in [2.05, 4.69) is 18.3 Å². The summed E-state index contributed by atoms with van der Waals surface area (Å²) in [7, 11) is 1.66. The highest BCUT2D eigenvalue weighted by Gasteiger charge is 2.11. The molecule has 0 saturated carbocycles. The summed E-state index contributed by atoms with van der Waals surface area (Å²) in [5.74, 6) is 1.52. The molecule has 24 heavy (non-hydrogen) atoms. The fraction of sp³-hybridized carbons (Fsp3) is 0.368. The average Bonchev–Trinajstić information content (AvgIpc) is 2.58. The number of unbranched alkanes of at least 4 members (excludes halogenated alkanes) is 1. The van der Waals surface area contributed by atoms with Gasteiger partial charge in [0.15, 0.2) is 11.5 Å². The Morgan fingerprint density at radius 2 is 1.79 bits per heavy atom. The molecule has 0 atom stereocenters. The van der Waals surface area contributed by atoms with Crippen LogP contribution in [0.5, 0.6) is 11.5 Å². The van der Waals surface area contributed by atoms with E-state index in [1.54, 1.807) is 7.11 Å². The molecule has 3 nitrogen and oxygen atoms in total. The normalized spacial score (nSPS) is 10.1. The number of para-hydroxylation sites is 1. The van der Waals surface area contributed by atoms with Crippen LogP contribution in [-0.2, 0) is 13.2 Å². The second-order valence-electron chi connectivity index (χ2n) is 5.36. The quantitative estimate of drug-likeness (QED) is 0.613. The van der Waals surface area contributed by atoms with Crippen LogP contribution >= 0.6 is 24.0 Å². The molecule has 1 N–H and O–H groups in total. The molecule has 0 aliphatic carbocycles. The van der Waals surface area contributed by atoms with E-state index in [1.165, 1.54) is 12.8 Å². The maximum atomic E-state index is 6.20. The molecule has 0 bridgehead atoms. The van der Waals surface area contributed by atoms with Crippen LogP contribution in [0.15, 0.2) is 42.5 Å². The monoisotopic (exact) mass is 369 g/mol. The van der Waals surface area contributed by atoms with Gasteiger partial charge >= 0.3 is 0 Å². The lowest BCUT2D eigenvalue weighted by atomic mass is 10.1. The van der Waals surface area contributed by atoms with E-state index in [9.17, 15) is 0 Å². The van der Waals surface area contributed by atoms with Crippen molar-refractivity contribution in [2.45, 2.75) is 32.9 Å². The Morgan fingerprint density at radius 3 is 2.50 bits per heavy atom. The summed E-state index contributed by atoms with van der Waals surface area (Å²) in [6.07, 6.45) is 2.35. The molecule has 0 heterocycles. The zero-order valence-electron chi connectivity index (χ0n) is 14.2. The van der Waals surface area contributed by atoms with Gasteiger partial charge in [-0.1, -0.05) is 55.3 Å². The Hall–Kier alpha value is -1.42. The Balaban J connectivity index is 0.00000288. The molecule has 0 fully saturated rings. The van der Waals surface area contributed by atoms with Gasteiger partial charge in [-0.15, -0.1) is 12.4 Å². The molecule has 0 saturated heterocycles. The van der Waals surface area contributed by atoms with E-state index in [0.29, 0.717) is 11.6 Å². The minimum atomic E-state index is 0. The average molecular weight is 370 g/mol. The van der Waals surface area contributed by atoms with Crippen molar-refractivity contribution < 1.29 is 9.47 Å². The molecule has 0 radical (unpaired) electrons. The van der Waals surface area contributed by atoms with Crippen LogP contribution in [0.4, 0.5) is 0 Å². The first kappa shape index (κ1) is 20.6. The molecule has 2 rings (SSSR count). The highest BCUT2D eigenvalue weighted by molar-refractivity contribution is 6.31. The number of hydrogen-bond donors (Lipinski definition) is 1. The minimum Gasteiger partial charge on any atom is -0.493 e. The standard InChI is InChI=1S/C19H24ClNO2.ClH/c1-3-4-12-21-13-15-9-7-11-18(22-2)19(15)23-14-16-8-5-6-10-17(16)20;/h5-11,21H,3-4,12-14H2,1-2H3;1H. The SMILES string of the molecule is CCCCNCc1cccc(OC)c1OCc1ccccc1Cl.Cl. The van der Waals surface area contributed by atoms with Crippen molar-refractivity contribution in [1.82, 2.24) is 5.32 Å². The van der Waals surface area contributed by atoms with E-state index in [4.69, 9.17) is 21.1 Å². The van der Waals surface area contributed by atoms with Crippen LogP contribution in [-0.4, -0.2) is 13.7 Å². The Labute approximate surface area is 155 Å². The van der Waals surface area contributed by atoms with Crippen LogP contribution < -0.4 is 14.8 Å². The van der Waals surface area contributed by atoms with Crippen molar-refractivity contribution in [2.75, 3.05) is 13.7 Å². The van der Waals surface area contributed by atoms with Crippen LogP contribution in [0.1, 0.15) is 30.9 Å². The topological polar surface area (TPSA) is 30.5 Å². The predicted molar refractivity (Wildman–Crippen MR) is 103 cm³/mol. The van der Waals surface area contributed by atoms with Gasteiger partial charge in [-0.3, -0.25) is 0 Å². The van der Waals surface area contributed by atoms with Gasteiger partial charge in [-0.05, 0) is 25.1 Å². The predicted octanol–water partition coefficient (Wildman–Crippen LogP) is 5.24. The maximum absolute atomic E-state index is 6.20. The second kappa shape index (κ2) is 11.2. The zero-order valence-corrected chi connectivity index (χ0v) is 15.8. The fourth-order valence-corrected chi connectivity index (χ4v) is 2.51. The van der Waals surface area contributed by atoms with Gasteiger partial charge < -0.3 is 14.8 Å². The van der Waals surface area contributed by atoms with Gasteiger partial charge in [-0.25, -0.2) is 0 Å². The lowest BCUT2D eigenvalue weighted by Crippen LogP contribution is -2.15. The van der Waals surface area contributed by atoms with Crippen molar-refractivity contribution in [3.8, 4) is 11.5 Å². The van der Waals surface area contributed by atoms with Crippen LogP contribution in [0.3, 0.4) is 0 Å². The first-order chi connectivity index (χ1) is 11.3. The van der Waals surface area contributed by atoms with Gasteiger partial charge in [0, 0.05) is 22.7 Å². The lowest BCUT2D eigenvalue weighted by molar-refractivity contribution is 0.280. The summed E-state index contributed by atoms with van der Waals surface area (Å²) in [4.78, 5) is 0. The summed E-state index contributed by atoms with van der Waals surface area (Å²) in [5.41, 5.74) is 2.05. The number of halogens is 2. The summed E-state index contributed by atoms with van der Waals surface area (Å²) in [5, 5.41) is 4.16. The fourth-order valence-electron chi connectivity index (χ4n) is 2.32. The third-order valence-electron chi connectivity index (χ3n) is 3.63. The van der Waals surface area contributed by atoms with E-state index in [-0.39, 0.29) is 12.4 Å². The third-order valence-corrected chi connectivity index (χ3v) is 4.00. The number of benzene rings is 2. The molecule has 132 valence electrons. The summed E-state index contributed by atoms with van der Waals surface area (Å²) >= 11 is 6.20. The number of ether oxygens (including phenoxy) is 2. The van der Waals surface area contributed by atoms with Crippen molar-refractivity contribution in [3.05, 3.63) is 58.6 Å². The molecule has 0 spiro atoms. The molecule has 0 aliphatic heterocycles. The molecule has 2 aromatic rings. The lowest BCUT2D eigenvalue weighted by Gasteiger charge is -2.16. The smallest absolute Gasteiger partial charge is 0.166 e. The van der Waals surface area contributed by atoms with E-state index < -0.39 is 0 Å². The summed E-state index contributed by atoms with van der Waals surface area (Å²) < 4.78 is 11.5. The first-order valence-corrected chi connectivity index (χ1v) is 8.36. The first-order valence-electron chi connectivity index (χ1n) is 7.99. The maximum Gasteiger partial charge on any atom is 0.166 e. The molecular weight excluding hydrogens is 345 g/mol. The largest absolute Gasteiger partial charge is 0.493 e. The van der Waals surface area contributed by atoms with Crippen molar-refractivity contribution in [3.63, 3.8) is 0 Å². The molecular formula is C19H25Cl2NO2. The number of hydrogen-bond acceptors (Lipinski definition) is 3. The van der Waals surface area contributed by atoms with Crippen molar-refractivity contribution in [2.24, 2.45) is 0 Å². The van der Waals surface area contributed by atoms with Gasteiger partial charge in [0.25, 0.3) is 0 Å². The summed E-state index contributed by atoms with van der Waals surface area (Å²) in [6.45, 7) is 4.36. The van der Waals surface area contributed by atoms with Gasteiger partial charge in [0.1, 0.15) is 6.61 Å². The van der Waals surface area contributed by atoms with E-state index >= 15 is 0 Å². The van der Waals surface area contributed by atoms with E-state index in [0.717, 1.165) is 35.7 Å². The zero-order chi connectivity index (χ0) is 16.5. The molecule has 0 amide bonds. The van der Waals surface area contributed by atoms with Gasteiger partial charge in [-0.2, -0.15) is 0 Å². The van der Waals surface area contributed by atoms with Gasteiger partial charge in [0.2, 0.25) is 0 Å². The molecule has 2 aromatic carbocycles. The van der Waals surface area contributed by atoms with Crippen LogP contribution in [0.25, 0.3) is 0 Å². The number of nitrogens with one attached hydrogen (secondary N) is 1. The Kier molecular flexibility index (Phi) is 9.62. The Bertz CT molecular complexity index is 620. The Morgan fingerprint density at radius 1 is 1.04 bits per heavy atom. The second-order valence-corrected chi connectivity index (χ2v) is 5.77. The van der Waals surface area contributed by atoms with Crippen molar-refractivity contribution in [1.29, 1.82) is 0 Å². The molecule has 0 aliphatic rings. The third kappa shape index (κ3) is 5.90. The van der Waals surface area contributed by atoms with Crippen molar-refractivity contribution >= 4 is 24.0 Å². The highest BCUT2D eigenvalue weighted by atomic mass is 35.5. The molecule has 5 heteroatoms. The number of rotatable bonds is 9. The van der Waals surface area contributed by atoms with Crippen LogP contribution in [0.2, 0.25) is 5.02 Å². The van der Waals surface area contributed by atoms with Crippen LogP contribution in [0, 0.1) is 0 Å². The van der Waals surface area contributed by atoms with Gasteiger partial charge in [0.05, 0.1) is 7.11 Å². The minimum absolute atomic E-state index is 0. The highest BCUT2D eigenvalue weighted by Crippen LogP contribution is 2.32. The molecule has 0 unspecified atom stereocenters. The number of methoxy groups -OCH3 is 1.